The molecule has 3 nitrogen and oxygen atoms in total. The number of carbonyl (C=O) groups excluding carboxylic acids is 1. The number of fused-ring (bicyclic) bond motifs is 3. The van der Waals surface area contributed by atoms with Gasteiger partial charge in [-0.05, 0) is 68.2 Å². The Kier molecular flexibility index (Phi) is 4.54. The molecule has 2 aliphatic heterocycles. The van der Waals surface area contributed by atoms with E-state index >= 15 is 0 Å². The molecule has 0 bridgehead atoms. The highest BCUT2D eigenvalue weighted by Gasteiger charge is 2.46. The molecule has 1 spiro atoms. The zero-order chi connectivity index (χ0) is 18.4. The standard InChI is InChI=1S/C24H34N2O/c1-18(27)26-16-20-7-3-5-9-22(20)24(17-26)12-14-25(15-13-24)23-11-10-19-6-2-4-8-21(19)23/h3,5,7,9,19,21,23H,2,4,6,8,10-17H2,1H3. The lowest BCUT2D eigenvalue weighted by atomic mass is 9.68. The molecular weight excluding hydrogens is 332 g/mol. The Morgan fingerprint density at radius 2 is 1.81 bits per heavy atom. The fraction of sp³-hybridized carbons (Fsp3) is 0.708. The molecule has 1 amide bonds. The molecule has 146 valence electrons. The highest BCUT2D eigenvalue weighted by molar-refractivity contribution is 5.74. The molecular formula is C24H34N2O. The first kappa shape index (κ1) is 17.7. The van der Waals surface area contributed by atoms with Gasteiger partial charge in [-0.15, -0.1) is 0 Å². The zero-order valence-corrected chi connectivity index (χ0v) is 16.8. The van der Waals surface area contributed by atoms with Crippen LogP contribution in [0, 0.1) is 11.8 Å². The molecule has 0 radical (unpaired) electrons. The number of hydrogen-bond donors (Lipinski definition) is 0. The quantitative estimate of drug-likeness (QED) is 0.738. The van der Waals surface area contributed by atoms with E-state index in [9.17, 15) is 4.79 Å². The Bertz CT molecular complexity index is 706. The van der Waals surface area contributed by atoms with Crippen molar-refractivity contribution in [2.45, 2.75) is 76.3 Å². The lowest BCUT2D eigenvalue weighted by molar-refractivity contribution is -0.131. The molecule has 0 N–H and O–H groups in total. The van der Waals surface area contributed by atoms with Crippen molar-refractivity contribution in [3.8, 4) is 0 Å². The van der Waals surface area contributed by atoms with Crippen molar-refractivity contribution >= 4 is 5.91 Å². The van der Waals surface area contributed by atoms with E-state index in [-0.39, 0.29) is 11.3 Å². The second-order valence-electron chi connectivity index (χ2n) is 9.70. The molecule has 2 heterocycles. The van der Waals surface area contributed by atoms with Crippen LogP contribution in [0.5, 0.6) is 0 Å². The molecule has 3 fully saturated rings. The molecule has 3 atom stereocenters. The molecule has 2 saturated carbocycles. The molecule has 1 saturated heterocycles. The molecule has 0 aromatic heterocycles. The third-order valence-corrected chi connectivity index (χ3v) is 8.41. The van der Waals surface area contributed by atoms with Gasteiger partial charge in [-0.3, -0.25) is 4.79 Å². The highest BCUT2D eigenvalue weighted by Crippen LogP contribution is 2.47. The van der Waals surface area contributed by atoms with E-state index in [0.29, 0.717) is 0 Å². The SMILES string of the molecule is CC(=O)N1Cc2ccccc2C2(CCN(C3CCC4CCCCC43)CC2)C1. The predicted octanol–water partition coefficient (Wildman–Crippen LogP) is 4.35. The summed E-state index contributed by atoms with van der Waals surface area (Å²) in [6.45, 7) is 5.88. The maximum absolute atomic E-state index is 12.2. The van der Waals surface area contributed by atoms with Crippen molar-refractivity contribution < 1.29 is 4.79 Å². The zero-order valence-electron chi connectivity index (χ0n) is 16.8. The summed E-state index contributed by atoms with van der Waals surface area (Å²) in [7, 11) is 0. The number of hydrogen-bond acceptors (Lipinski definition) is 2. The lowest BCUT2D eigenvalue weighted by Crippen LogP contribution is -2.55. The third-order valence-electron chi connectivity index (χ3n) is 8.41. The third kappa shape index (κ3) is 3.03. The molecule has 2 aliphatic carbocycles. The van der Waals surface area contributed by atoms with Gasteiger partial charge in [-0.2, -0.15) is 0 Å². The first-order valence-electron chi connectivity index (χ1n) is 11.2. The van der Waals surface area contributed by atoms with E-state index in [2.05, 4.69) is 34.1 Å². The predicted molar refractivity (Wildman–Crippen MR) is 108 cm³/mol. The van der Waals surface area contributed by atoms with E-state index in [1.54, 1.807) is 6.92 Å². The summed E-state index contributed by atoms with van der Waals surface area (Å²) in [6.07, 6.45) is 11.2. The first-order valence-corrected chi connectivity index (χ1v) is 11.2. The van der Waals surface area contributed by atoms with Gasteiger partial charge in [-0.25, -0.2) is 0 Å². The van der Waals surface area contributed by atoms with Gasteiger partial charge in [0.2, 0.25) is 5.91 Å². The Balaban J connectivity index is 1.35. The van der Waals surface area contributed by atoms with Crippen LogP contribution in [-0.2, 0) is 16.8 Å². The molecule has 3 unspecified atom stereocenters. The van der Waals surface area contributed by atoms with Gasteiger partial charge in [0.05, 0.1) is 0 Å². The molecule has 1 aromatic carbocycles. The van der Waals surface area contributed by atoms with Gasteiger partial charge < -0.3 is 9.80 Å². The summed E-state index contributed by atoms with van der Waals surface area (Å²) >= 11 is 0. The van der Waals surface area contributed by atoms with E-state index in [4.69, 9.17) is 0 Å². The van der Waals surface area contributed by atoms with Crippen LogP contribution < -0.4 is 0 Å². The number of carbonyl (C=O) groups is 1. The fourth-order valence-electron chi connectivity index (χ4n) is 6.97. The van der Waals surface area contributed by atoms with Gasteiger partial charge in [0, 0.05) is 31.5 Å². The Morgan fingerprint density at radius 1 is 1.04 bits per heavy atom. The van der Waals surface area contributed by atoms with Crippen LogP contribution in [-0.4, -0.2) is 41.4 Å². The minimum Gasteiger partial charge on any atom is -0.338 e. The van der Waals surface area contributed by atoms with Crippen molar-refractivity contribution in [1.29, 1.82) is 0 Å². The Labute approximate surface area is 164 Å². The number of rotatable bonds is 1. The summed E-state index contributed by atoms with van der Waals surface area (Å²) in [4.78, 5) is 17.1. The normalized spacial score (nSPS) is 32.9. The molecule has 4 aliphatic rings. The van der Waals surface area contributed by atoms with Crippen LogP contribution in [0.4, 0.5) is 0 Å². The van der Waals surface area contributed by atoms with Gasteiger partial charge >= 0.3 is 0 Å². The van der Waals surface area contributed by atoms with Crippen LogP contribution in [0.2, 0.25) is 0 Å². The molecule has 3 heteroatoms. The van der Waals surface area contributed by atoms with E-state index in [0.717, 1.165) is 31.0 Å². The monoisotopic (exact) mass is 366 g/mol. The van der Waals surface area contributed by atoms with Gasteiger partial charge in [0.1, 0.15) is 0 Å². The molecule has 1 aromatic rings. The second-order valence-corrected chi connectivity index (χ2v) is 9.70. The van der Waals surface area contributed by atoms with Crippen molar-refractivity contribution in [3.05, 3.63) is 35.4 Å². The van der Waals surface area contributed by atoms with Crippen LogP contribution in [0.1, 0.15) is 69.4 Å². The maximum Gasteiger partial charge on any atom is 0.219 e. The topological polar surface area (TPSA) is 23.6 Å². The summed E-state index contributed by atoms with van der Waals surface area (Å²) in [5, 5.41) is 0. The van der Waals surface area contributed by atoms with Gasteiger partial charge in [-0.1, -0.05) is 43.5 Å². The van der Waals surface area contributed by atoms with Crippen molar-refractivity contribution in [2.24, 2.45) is 11.8 Å². The van der Waals surface area contributed by atoms with Crippen LogP contribution in [0.25, 0.3) is 0 Å². The van der Waals surface area contributed by atoms with Crippen LogP contribution in [0.15, 0.2) is 24.3 Å². The number of amides is 1. The summed E-state index contributed by atoms with van der Waals surface area (Å²) in [6, 6.07) is 9.75. The van der Waals surface area contributed by atoms with Gasteiger partial charge in [0.15, 0.2) is 0 Å². The molecule has 27 heavy (non-hydrogen) atoms. The van der Waals surface area contributed by atoms with Crippen molar-refractivity contribution in [2.75, 3.05) is 19.6 Å². The average molecular weight is 367 g/mol. The Morgan fingerprint density at radius 3 is 2.63 bits per heavy atom. The smallest absolute Gasteiger partial charge is 0.219 e. The summed E-state index contributed by atoms with van der Waals surface area (Å²) in [5.74, 6) is 2.22. The van der Waals surface area contributed by atoms with Crippen LogP contribution in [0.3, 0.4) is 0 Å². The minimum absolute atomic E-state index is 0.182. The number of piperidine rings is 1. The average Bonchev–Trinajstić information content (AvgIpc) is 3.13. The molecule has 5 rings (SSSR count). The number of likely N-dealkylation sites (tertiary alicyclic amines) is 1. The maximum atomic E-state index is 12.2. The van der Waals surface area contributed by atoms with E-state index in [1.165, 1.54) is 75.6 Å². The fourth-order valence-corrected chi connectivity index (χ4v) is 6.97. The highest BCUT2D eigenvalue weighted by atomic mass is 16.2. The van der Waals surface area contributed by atoms with Gasteiger partial charge in [0.25, 0.3) is 0 Å². The summed E-state index contributed by atoms with van der Waals surface area (Å²) < 4.78 is 0. The summed E-state index contributed by atoms with van der Waals surface area (Å²) in [5.41, 5.74) is 3.09. The first-order chi connectivity index (χ1) is 13.2. The lowest BCUT2D eigenvalue weighted by Gasteiger charge is -2.50. The Hall–Kier alpha value is -1.35. The second kappa shape index (κ2) is 6.92. The van der Waals surface area contributed by atoms with Crippen molar-refractivity contribution in [3.63, 3.8) is 0 Å². The van der Waals surface area contributed by atoms with Crippen molar-refractivity contribution in [1.82, 2.24) is 9.80 Å². The van der Waals surface area contributed by atoms with E-state index in [1.807, 2.05) is 0 Å². The van der Waals surface area contributed by atoms with Crippen LogP contribution >= 0.6 is 0 Å². The minimum atomic E-state index is 0.182. The largest absolute Gasteiger partial charge is 0.338 e. The van der Waals surface area contributed by atoms with E-state index < -0.39 is 0 Å². The number of nitrogens with zero attached hydrogens (tertiary/aromatic N) is 2. The number of benzene rings is 1.